The van der Waals surface area contributed by atoms with Gasteiger partial charge in [0.25, 0.3) is 5.91 Å². The summed E-state index contributed by atoms with van der Waals surface area (Å²) in [4.78, 5) is 17.5. The van der Waals surface area contributed by atoms with Crippen molar-refractivity contribution in [2.75, 3.05) is 7.05 Å². The van der Waals surface area contributed by atoms with Gasteiger partial charge in [-0.2, -0.15) is 0 Å². The number of hydrogen-bond donors (Lipinski definition) is 0. The van der Waals surface area contributed by atoms with Gasteiger partial charge in [-0.3, -0.25) is 4.79 Å². The highest BCUT2D eigenvalue weighted by Gasteiger charge is 2.21. The Hall–Kier alpha value is -2.31. The molecule has 0 spiro atoms. The number of amides is 1. The molecule has 1 aromatic carbocycles. The van der Waals surface area contributed by atoms with Crippen LogP contribution in [-0.2, 0) is 12.1 Å². The summed E-state index contributed by atoms with van der Waals surface area (Å²) in [5, 5.41) is 4.14. The minimum absolute atomic E-state index is 0.00893. The molecule has 0 aliphatic rings. The fraction of sp³-hybridized carbons (Fsp3) is 0.400. The molecule has 0 saturated carbocycles. The molecule has 0 saturated heterocycles. The number of rotatable bonds is 3. The van der Waals surface area contributed by atoms with Crippen molar-refractivity contribution in [1.29, 1.82) is 0 Å². The van der Waals surface area contributed by atoms with Crippen molar-refractivity contribution in [2.45, 2.75) is 32.9 Å². The SMILES string of the molecule is CN(Cc1ccc(F)cc1F)C(=O)c1ncn(C(C)(C)C)n1. The molecule has 0 N–H and O–H groups in total. The van der Waals surface area contributed by atoms with Gasteiger partial charge in [0, 0.05) is 25.2 Å². The molecule has 2 aromatic rings. The molecule has 1 amide bonds. The predicted octanol–water partition coefficient (Wildman–Crippen LogP) is 2.58. The van der Waals surface area contributed by atoms with E-state index in [0.29, 0.717) is 0 Å². The van der Waals surface area contributed by atoms with Crippen molar-refractivity contribution in [3.05, 3.63) is 47.5 Å². The van der Waals surface area contributed by atoms with Gasteiger partial charge in [0.15, 0.2) is 0 Å². The van der Waals surface area contributed by atoms with Crippen LogP contribution < -0.4 is 0 Å². The maximum Gasteiger partial charge on any atom is 0.293 e. The Morgan fingerprint density at radius 3 is 2.55 bits per heavy atom. The number of halogens is 2. The summed E-state index contributed by atoms with van der Waals surface area (Å²) in [5.41, 5.74) is -0.0554. The van der Waals surface area contributed by atoms with Crippen LogP contribution in [0, 0.1) is 11.6 Å². The van der Waals surface area contributed by atoms with E-state index in [4.69, 9.17) is 0 Å². The van der Waals surface area contributed by atoms with Crippen molar-refractivity contribution in [3.8, 4) is 0 Å². The van der Waals surface area contributed by atoms with Gasteiger partial charge >= 0.3 is 0 Å². The van der Waals surface area contributed by atoms with Crippen molar-refractivity contribution < 1.29 is 13.6 Å². The molecule has 1 aromatic heterocycles. The smallest absolute Gasteiger partial charge is 0.293 e. The quantitative estimate of drug-likeness (QED) is 0.875. The highest BCUT2D eigenvalue weighted by molar-refractivity contribution is 5.90. The van der Waals surface area contributed by atoms with E-state index in [9.17, 15) is 13.6 Å². The number of carbonyl (C=O) groups excluding carboxylic acids is 1. The molecule has 0 fully saturated rings. The Labute approximate surface area is 127 Å². The monoisotopic (exact) mass is 308 g/mol. The summed E-state index contributed by atoms with van der Waals surface area (Å²) < 4.78 is 28.1. The molecule has 0 atom stereocenters. The summed E-state index contributed by atoms with van der Waals surface area (Å²) in [7, 11) is 1.52. The second-order valence-electron chi connectivity index (χ2n) is 6.08. The fourth-order valence-corrected chi connectivity index (χ4v) is 1.83. The molecule has 0 radical (unpaired) electrons. The standard InChI is InChI=1S/C15H18F2N4O/c1-15(2,3)21-9-18-13(19-21)14(22)20(4)8-10-5-6-11(16)7-12(10)17/h5-7,9H,8H2,1-4H3. The van der Waals surface area contributed by atoms with Crippen molar-refractivity contribution in [1.82, 2.24) is 19.7 Å². The first-order valence-corrected chi connectivity index (χ1v) is 6.80. The van der Waals surface area contributed by atoms with Crippen LogP contribution in [-0.4, -0.2) is 32.6 Å². The lowest BCUT2D eigenvalue weighted by Crippen LogP contribution is -2.29. The molecular formula is C15H18F2N4O. The molecule has 7 heteroatoms. The number of hydrogen-bond acceptors (Lipinski definition) is 3. The normalized spacial score (nSPS) is 11.5. The lowest BCUT2D eigenvalue weighted by molar-refractivity contribution is 0.0770. The average molecular weight is 308 g/mol. The van der Waals surface area contributed by atoms with E-state index < -0.39 is 17.5 Å². The van der Waals surface area contributed by atoms with Gasteiger partial charge < -0.3 is 4.90 Å². The largest absolute Gasteiger partial charge is 0.334 e. The zero-order chi connectivity index (χ0) is 16.5. The molecular weight excluding hydrogens is 290 g/mol. The molecule has 0 unspecified atom stereocenters. The molecule has 0 aliphatic carbocycles. The third-order valence-electron chi connectivity index (χ3n) is 3.14. The Bertz CT molecular complexity index is 691. The van der Waals surface area contributed by atoms with E-state index in [1.165, 1.54) is 24.3 Å². The van der Waals surface area contributed by atoms with Crippen LogP contribution in [0.5, 0.6) is 0 Å². The van der Waals surface area contributed by atoms with Crippen LogP contribution in [0.4, 0.5) is 8.78 Å². The van der Waals surface area contributed by atoms with Gasteiger partial charge in [0.1, 0.15) is 18.0 Å². The highest BCUT2D eigenvalue weighted by Crippen LogP contribution is 2.14. The molecule has 0 aliphatic heterocycles. The summed E-state index contributed by atoms with van der Waals surface area (Å²) in [6.45, 7) is 5.82. The Balaban J connectivity index is 2.14. The van der Waals surface area contributed by atoms with E-state index in [-0.39, 0.29) is 23.5 Å². The Morgan fingerprint density at radius 2 is 2.00 bits per heavy atom. The molecule has 2 rings (SSSR count). The van der Waals surface area contributed by atoms with E-state index in [1.807, 2.05) is 20.8 Å². The topological polar surface area (TPSA) is 51.0 Å². The first-order chi connectivity index (χ1) is 10.2. The molecule has 5 nitrogen and oxygen atoms in total. The van der Waals surface area contributed by atoms with Crippen LogP contribution in [0.1, 0.15) is 37.0 Å². The third kappa shape index (κ3) is 3.47. The maximum atomic E-state index is 13.6. The minimum atomic E-state index is -0.687. The Kier molecular flexibility index (Phi) is 4.25. The van der Waals surface area contributed by atoms with Gasteiger partial charge in [-0.1, -0.05) is 6.07 Å². The van der Waals surface area contributed by atoms with Crippen LogP contribution in [0.2, 0.25) is 0 Å². The van der Waals surface area contributed by atoms with Crippen molar-refractivity contribution >= 4 is 5.91 Å². The second-order valence-corrected chi connectivity index (χ2v) is 6.08. The van der Waals surface area contributed by atoms with Gasteiger partial charge in [-0.05, 0) is 26.8 Å². The Morgan fingerprint density at radius 1 is 1.32 bits per heavy atom. The number of benzene rings is 1. The van der Waals surface area contributed by atoms with Crippen molar-refractivity contribution in [3.63, 3.8) is 0 Å². The number of carbonyl (C=O) groups is 1. The van der Waals surface area contributed by atoms with Gasteiger partial charge in [-0.15, -0.1) is 5.10 Å². The van der Waals surface area contributed by atoms with E-state index >= 15 is 0 Å². The maximum absolute atomic E-state index is 13.6. The zero-order valence-corrected chi connectivity index (χ0v) is 13.0. The minimum Gasteiger partial charge on any atom is -0.334 e. The summed E-state index contributed by atoms with van der Waals surface area (Å²) in [6, 6.07) is 3.26. The number of nitrogens with zero attached hydrogens (tertiary/aromatic N) is 4. The fourth-order valence-electron chi connectivity index (χ4n) is 1.83. The summed E-state index contributed by atoms with van der Waals surface area (Å²) in [5.74, 6) is -1.72. The van der Waals surface area contributed by atoms with Crippen LogP contribution in [0.15, 0.2) is 24.5 Å². The van der Waals surface area contributed by atoms with E-state index in [2.05, 4.69) is 10.1 Å². The molecule has 0 bridgehead atoms. The summed E-state index contributed by atoms with van der Waals surface area (Å²) in [6.07, 6.45) is 1.49. The zero-order valence-electron chi connectivity index (χ0n) is 13.0. The predicted molar refractivity (Wildman–Crippen MR) is 77.2 cm³/mol. The first-order valence-electron chi connectivity index (χ1n) is 6.80. The highest BCUT2D eigenvalue weighted by atomic mass is 19.1. The van der Waals surface area contributed by atoms with Gasteiger partial charge in [-0.25, -0.2) is 18.4 Å². The first kappa shape index (κ1) is 16.1. The summed E-state index contributed by atoms with van der Waals surface area (Å²) >= 11 is 0. The molecule has 1 heterocycles. The molecule has 22 heavy (non-hydrogen) atoms. The van der Waals surface area contributed by atoms with Crippen LogP contribution in [0.25, 0.3) is 0 Å². The lowest BCUT2D eigenvalue weighted by atomic mass is 10.1. The second kappa shape index (κ2) is 5.82. The van der Waals surface area contributed by atoms with E-state index in [0.717, 1.165) is 12.1 Å². The average Bonchev–Trinajstić information content (AvgIpc) is 2.90. The van der Waals surface area contributed by atoms with Gasteiger partial charge in [0.2, 0.25) is 5.82 Å². The third-order valence-corrected chi connectivity index (χ3v) is 3.14. The van der Waals surface area contributed by atoms with Crippen LogP contribution in [0.3, 0.4) is 0 Å². The van der Waals surface area contributed by atoms with Crippen molar-refractivity contribution in [2.24, 2.45) is 0 Å². The molecule has 118 valence electrons. The van der Waals surface area contributed by atoms with Crippen LogP contribution >= 0.6 is 0 Å². The number of aromatic nitrogens is 3. The van der Waals surface area contributed by atoms with Gasteiger partial charge in [0.05, 0.1) is 5.54 Å². The lowest BCUT2D eigenvalue weighted by Gasteiger charge is -2.18. The van der Waals surface area contributed by atoms with E-state index in [1.54, 1.807) is 4.68 Å².